The van der Waals surface area contributed by atoms with Crippen molar-refractivity contribution >= 4 is 29.4 Å². The van der Waals surface area contributed by atoms with Crippen LogP contribution in [0.1, 0.15) is 18.1 Å². The Bertz CT molecular complexity index is 573. The van der Waals surface area contributed by atoms with E-state index in [1.807, 2.05) is 0 Å². The first kappa shape index (κ1) is 18.0. The van der Waals surface area contributed by atoms with Gasteiger partial charge in [-0.1, -0.05) is 24.3 Å². The molecule has 122 valence electrons. The van der Waals surface area contributed by atoms with Crippen molar-refractivity contribution in [3.63, 3.8) is 0 Å². The number of hydrogen-bond acceptors (Lipinski definition) is 3. The lowest BCUT2D eigenvalue weighted by atomic mass is 9.99. The molecule has 0 aliphatic heterocycles. The summed E-state index contributed by atoms with van der Waals surface area (Å²) in [4.78, 5) is 14.0. The van der Waals surface area contributed by atoms with E-state index in [9.17, 15) is 4.79 Å². The molecule has 2 rings (SSSR count). The fraction of sp³-hybridized carbons (Fsp3) is 0.316. The van der Waals surface area contributed by atoms with Crippen LogP contribution in [0.5, 0.6) is 0 Å². The zero-order valence-corrected chi connectivity index (χ0v) is 15.5. The Labute approximate surface area is 147 Å². The Hall–Kier alpha value is -1.39. The zero-order valence-electron chi connectivity index (χ0n) is 13.8. The third-order valence-corrected chi connectivity index (χ3v) is 5.18. The number of thioether (sulfide) groups is 2. The summed E-state index contributed by atoms with van der Waals surface area (Å²) in [5.74, 6) is 0.0245. The van der Waals surface area contributed by atoms with E-state index in [0.29, 0.717) is 0 Å². The van der Waals surface area contributed by atoms with Crippen LogP contribution >= 0.6 is 23.5 Å². The maximum absolute atomic E-state index is 11.5. The summed E-state index contributed by atoms with van der Waals surface area (Å²) >= 11 is 3.48. The van der Waals surface area contributed by atoms with Gasteiger partial charge in [0.1, 0.15) is 0 Å². The highest BCUT2D eigenvalue weighted by Gasteiger charge is 2.12. The Balaban J connectivity index is 2.06. The standard InChI is InChI=1S/C19H23NOS2/c1-14(21)20-17(12-15-4-8-18(22-2)9-5-15)13-16-6-10-19(23-3)11-7-16/h4-11,17H,12-13H2,1-3H3,(H,20,21). The lowest BCUT2D eigenvalue weighted by Gasteiger charge is -2.18. The van der Waals surface area contributed by atoms with Gasteiger partial charge in [0.15, 0.2) is 0 Å². The van der Waals surface area contributed by atoms with Gasteiger partial charge in [-0.05, 0) is 60.7 Å². The van der Waals surface area contributed by atoms with E-state index in [4.69, 9.17) is 0 Å². The minimum Gasteiger partial charge on any atom is -0.353 e. The predicted molar refractivity (Wildman–Crippen MR) is 101 cm³/mol. The second kappa shape index (κ2) is 9.04. The zero-order chi connectivity index (χ0) is 16.7. The normalized spacial score (nSPS) is 10.8. The molecule has 1 amide bonds. The van der Waals surface area contributed by atoms with Crippen LogP contribution in [-0.2, 0) is 17.6 Å². The molecule has 4 heteroatoms. The fourth-order valence-corrected chi connectivity index (χ4v) is 3.37. The summed E-state index contributed by atoms with van der Waals surface area (Å²) in [6, 6.07) is 17.3. The van der Waals surface area contributed by atoms with Crippen molar-refractivity contribution in [3.8, 4) is 0 Å². The average molecular weight is 346 g/mol. The highest BCUT2D eigenvalue weighted by Crippen LogP contribution is 2.18. The minimum absolute atomic E-state index is 0.0245. The average Bonchev–Trinajstić information content (AvgIpc) is 2.55. The molecule has 0 fully saturated rings. The monoisotopic (exact) mass is 345 g/mol. The minimum atomic E-state index is 0.0245. The molecule has 0 spiro atoms. The summed E-state index contributed by atoms with van der Waals surface area (Å²) in [5.41, 5.74) is 2.50. The van der Waals surface area contributed by atoms with Crippen molar-refractivity contribution < 1.29 is 4.79 Å². The topological polar surface area (TPSA) is 29.1 Å². The Morgan fingerprint density at radius 3 is 1.57 bits per heavy atom. The van der Waals surface area contributed by atoms with Gasteiger partial charge < -0.3 is 5.32 Å². The van der Waals surface area contributed by atoms with Crippen LogP contribution in [0.2, 0.25) is 0 Å². The number of carbonyl (C=O) groups excluding carboxylic acids is 1. The Morgan fingerprint density at radius 1 is 0.870 bits per heavy atom. The summed E-state index contributed by atoms with van der Waals surface area (Å²) in [6.45, 7) is 1.58. The van der Waals surface area contributed by atoms with Gasteiger partial charge in [-0.25, -0.2) is 0 Å². The lowest BCUT2D eigenvalue weighted by molar-refractivity contribution is -0.119. The number of nitrogens with one attached hydrogen (secondary N) is 1. The first-order valence-electron chi connectivity index (χ1n) is 7.63. The SMILES string of the molecule is CSc1ccc(CC(Cc2ccc(SC)cc2)NC(C)=O)cc1. The molecule has 2 aromatic rings. The van der Waals surface area contributed by atoms with Crippen molar-refractivity contribution in [1.29, 1.82) is 0 Å². The molecule has 0 bridgehead atoms. The van der Waals surface area contributed by atoms with E-state index in [1.54, 1.807) is 30.4 Å². The van der Waals surface area contributed by atoms with Gasteiger partial charge in [-0.15, -0.1) is 23.5 Å². The molecule has 0 heterocycles. The van der Waals surface area contributed by atoms with E-state index in [2.05, 4.69) is 66.4 Å². The van der Waals surface area contributed by atoms with Crippen molar-refractivity contribution in [2.75, 3.05) is 12.5 Å². The summed E-state index contributed by atoms with van der Waals surface area (Å²) in [5, 5.41) is 3.08. The van der Waals surface area contributed by atoms with Crippen LogP contribution in [-0.4, -0.2) is 24.5 Å². The molecule has 23 heavy (non-hydrogen) atoms. The van der Waals surface area contributed by atoms with Crippen LogP contribution in [0.25, 0.3) is 0 Å². The second-order valence-corrected chi connectivity index (χ2v) is 7.26. The molecule has 1 N–H and O–H groups in total. The molecule has 0 saturated carbocycles. The van der Waals surface area contributed by atoms with E-state index in [1.165, 1.54) is 20.9 Å². The van der Waals surface area contributed by atoms with Crippen LogP contribution in [0.15, 0.2) is 58.3 Å². The molecular weight excluding hydrogens is 322 g/mol. The van der Waals surface area contributed by atoms with Gasteiger partial charge in [-0.2, -0.15) is 0 Å². The Kier molecular flexibility index (Phi) is 7.06. The van der Waals surface area contributed by atoms with Crippen LogP contribution in [0, 0.1) is 0 Å². The maximum atomic E-state index is 11.5. The number of rotatable bonds is 7. The number of carbonyl (C=O) groups is 1. The molecule has 2 aromatic carbocycles. The number of amides is 1. The highest BCUT2D eigenvalue weighted by molar-refractivity contribution is 7.98. The summed E-state index contributed by atoms with van der Waals surface area (Å²) in [6.07, 6.45) is 5.85. The van der Waals surface area contributed by atoms with Crippen LogP contribution < -0.4 is 5.32 Å². The molecule has 0 saturated heterocycles. The van der Waals surface area contributed by atoms with Gasteiger partial charge in [0, 0.05) is 22.8 Å². The Morgan fingerprint density at radius 2 is 1.26 bits per heavy atom. The first-order valence-corrected chi connectivity index (χ1v) is 10.1. The molecular formula is C19H23NOS2. The smallest absolute Gasteiger partial charge is 0.217 e. The van der Waals surface area contributed by atoms with Crippen molar-refractivity contribution in [2.24, 2.45) is 0 Å². The largest absolute Gasteiger partial charge is 0.353 e. The van der Waals surface area contributed by atoms with Crippen LogP contribution in [0.3, 0.4) is 0 Å². The molecule has 2 nitrogen and oxygen atoms in total. The third-order valence-electron chi connectivity index (χ3n) is 3.69. The molecule has 0 aliphatic rings. The third kappa shape index (κ3) is 5.96. The van der Waals surface area contributed by atoms with Gasteiger partial charge in [-0.3, -0.25) is 4.79 Å². The molecule has 0 radical (unpaired) electrons. The molecule has 0 aromatic heterocycles. The number of benzene rings is 2. The quantitative estimate of drug-likeness (QED) is 0.753. The van der Waals surface area contributed by atoms with E-state index >= 15 is 0 Å². The lowest BCUT2D eigenvalue weighted by Crippen LogP contribution is -2.36. The van der Waals surface area contributed by atoms with Crippen molar-refractivity contribution in [2.45, 2.75) is 35.6 Å². The number of hydrogen-bond donors (Lipinski definition) is 1. The maximum Gasteiger partial charge on any atom is 0.217 e. The van der Waals surface area contributed by atoms with Gasteiger partial charge in [0.05, 0.1) is 0 Å². The van der Waals surface area contributed by atoms with Gasteiger partial charge in [0.25, 0.3) is 0 Å². The molecule has 0 unspecified atom stereocenters. The van der Waals surface area contributed by atoms with Gasteiger partial charge in [0.2, 0.25) is 5.91 Å². The molecule has 0 aliphatic carbocycles. The van der Waals surface area contributed by atoms with Crippen molar-refractivity contribution in [3.05, 3.63) is 59.7 Å². The summed E-state index contributed by atoms with van der Waals surface area (Å²) in [7, 11) is 0. The predicted octanol–water partition coefficient (Wildman–Crippen LogP) is 4.42. The first-order chi connectivity index (χ1) is 11.1. The highest BCUT2D eigenvalue weighted by atomic mass is 32.2. The summed E-state index contributed by atoms with van der Waals surface area (Å²) < 4.78 is 0. The van der Waals surface area contributed by atoms with Crippen LogP contribution in [0.4, 0.5) is 0 Å². The second-order valence-electron chi connectivity index (χ2n) is 5.50. The molecule has 0 atom stereocenters. The van der Waals surface area contributed by atoms with Crippen molar-refractivity contribution in [1.82, 2.24) is 5.32 Å². The van der Waals surface area contributed by atoms with E-state index in [-0.39, 0.29) is 11.9 Å². The van der Waals surface area contributed by atoms with E-state index < -0.39 is 0 Å². The fourth-order valence-electron chi connectivity index (χ4n) is 2.55. The van der Waals surface area contributed by atoms with Gasteiger partial charge >= 0.3 is 0 Å². The van der Waals surface area contributed by atoms with E-state index in [0.717, 1.165) is 12.8 Å².